The van der Waals surface area contributed by atoms with E-state index in [9.17, 15) is 22.8 Å². The van der Waals surface area contributed by atoms with Gasteiger partial charge >= 0.3 is 6.36 Å². The van der Waals surface area contributed by atoms with Crippen LogP contribution in [0.2, 0.25) is 5.02 Å². The number of hydrogen-bond acceptors (Lipinski definition) is 9. The molecule has 1 fully saturated rings. The van der Waals surface area contributed by atoms with Gasteiger partial charge in [0.2, 0.25) is 16.9 Å². The quantitative estimate of drug-likeness (QED) is 0.244. The lowest BCUT2D eigenvalue weighted by Crippen LogP contribution is -2.35. The van der Waals surface area contributed by atoms with Gasteiger partial charge in [-0.25, -0.2) is 0 Å². The fourth-order valence-corrected chi connectivity index (χ4v) is 5.69. The van der Waals surface area contributed by atoms with E-state index in [0.29, 0.717) is 28.1 Å². The van der Waals surface area contributed by atoms with Gasteiger partial charge in [-0.3, -0.25) is 9.59 Å². The van der Waals surface area contributed by atoms with Gasteiger partial charge in [-0.15, -0.1) is 33.6 Å². The molecule has 2 aromatic carbocycles. The molecule has 1 saturated heterocycles. The zero-order valence-corrected chi connectivity index (χ0v) is 24.0. The Morgan fingerprint density at radius 1 is 0.977 bits per heavy atom. The lowest BCUT2D eigenvalue weighted by molar-refractivity contribution is -0.274. The number of nitrogens with zero attached hydrogens (tertiary/aromatic N) is 5. The van der Waals surface area contributed by atoms with Crippen LogP contribution in [0.1, 0.15) is 34.9 Å². The first-order chi connectivity index (χ1) is 20.6. The topological polar surface area (TPSA) is 122 Å². The van der Waals surface area contributed by atoms with E-state index in [2.05, 4.69) is 40.7 Å². The van der Waals surface area contributed by atoms with Gasteiger partial charge in [-0.2, -0.15) is 0 Å². The minimum Gasteiger partial charge on any atom is -0.406 e. The van der Waals surface area contributed by atoms with Crippen molar-refractivity contribution in [2.75, 3.05) is 28.6 Å². The molecule has 3 heterocycles. The zero-order chi connectivity index (χ0) is 30.4. The highest BCUT2D eigenvalue weighted by atomic mass is 35.5. The van der Waals surface area contributed by atoms with E-state index in [1.807, 2.05) is 6.07 Å². The van der Waals surface area contributed by atoms with Crippen LogP contribution in [0.25, 0.3) is 0 Å². The number of rotatable bonds is 9. The largest absolute Gasteiger partial charge is 0.573 e. The van der Waals surface area contributed by atoms with E-state index < -0.39 is 18.0 Å². The lowest BCUT2D eigenvalue weighted by Gasteiger charge is -2.32. The fourth-order valence-electron chi connectivity index (χ4n) is 4.60. The van der Waals surface area contributed by atoms with Crippen molar-refractivity contribution in [1.82, 2.24) is 20.4 Å². The van der Waals surface area contributed by atoms with Gasteiger partial charge in [0.25, 0.3) is 0 Å². The summed E-state index contributed by atoms with van der Waals surface area (Å²) in [6, 6.07) is 15.7. The Bertz CT molecular complexity index is 1590. The smallest absolute Gasteiger partial charge is 0.406 e. The van der Waals surface area contributed by atoms with E-state index >= 15 is 0 Å². The summed E-state index contributed by atoms with van der Waals surface area (Å²) in [5.41, 5.74) is 1.08. The molecule has 2 amide bonds. The molecule has 1 aliphatic heterocycles. The summed E-state index contributed by atoms with van der Waals surface area (Å²) < 4.78 is 41.3. The van der Waals surface area contributed by atoms with E-state index in [1.54, 1.807) is 30.3 Å². The number of alkyl halides is 3. The Balaban J connectivity index is 1.13. The summed E-state index contributed by atoms with van der Waals surface area (Å²) in [6.45, 7) is 1.38. The molecule has 2 N–H and O–H groups in total. The van der Waals surface area contributed by atoms with Gasteiger partial charge in [-0.1, -0.05) is 53.3 Å². The summed E-state index contributed by atoms with van der Waals surface area (Å²) >= 11 is 7.48. The van der Waals surface area contributed by atoms with Gasteiger partial charge in [-0.05, 0) is 54.3 Å². The number of amides is 2. The standard InChI is InChI=1S/C28H25ClF3N7O3S/c29-21-9-2-1-6-18(21)15-25(41)34-27-38-37-26(43-27)19-7-4-12-39(16-19)23-11-10-22(35-36-23)33-24(40)14-17-5-3-8-20(13-17)42-28(30,31)32/h1-3,5-6,8-11,13,19H,4,7,12,14-16H2,(H,33,35,40)(H,34,38,41). The van der Waals surface area contributed by atoms with Gasteiger partial charge in [0.15, 0.2) is 11.6 Å². The minimum atomic E-state index is -4.82. The van der Waals surface area contributed by atoms with Crippen molar-refractivity contribution in [3.05, 3.63) is 81.8 Å². The van der Waals surface area contributed by atoms with Crippen LogP contribution in [0.3, 0.4) is 0 Å². The Labute approximate surface area is 253 Å². The van der Waals surface area contributed by atoms with Crippen LogP contribution < -0.4 is 20.3 Å². The van der Waals surface area contributed by atoms with Crippen LogP contribution in [0.4, 0.5) is 29.9 Å². The number of anilines is 3. The SMILES string of the molecule is O=C(Cc1cccc(OC(F)(F)F)c1)Nc1ccc(N2CCCC(c3nnc(NC(=O)Cc4ccccc4Cl)s3)C2)nn1. The van der Waals surface area contributed by atoms with Gasteiger partial charge in [0.05, 0.1) is 12.8 Å². The first-order valence-electron chi connectivity index (χ1n) is 13.2. The van der Waals surface area contributed by atoms with Crippen molar-refractivity contribution in [3.63, 3.8) is 0 Å². The molecule has 1 unspecified atom stereocenters. The summed E-state index contributed by atoms with van der Waals surface area (Å²) in [5, 5.41) is 24.0. The Morgan fingerprint density at radius 2 is 1.79 bits per heavy atom. The van der Waals surface area contributed by atoms with Crippen LogP contribution >= 0.6 is 22.9 Å². The van der Waals surface area contributed by atoms with Crippen molar-refractivity contribution in [2.45, 2.75) is 38.0 Å². The molecule has 43 heavy (non-hydrogen) atoms. The number of halogens is 4. The average Bonchev–Trinajstić information content (AvgIpc) is 3.42. The number of aromatic nitrogens is 4. The maximum absolute atomic E-state index is 12.5. The van der Waals surface area contributed by atoms with Crippen LogP contribution in [0.5, 0.6) is 5.75 Å². The molecule has 2 aromatic heterocycles. The molecular weight excluding hydrogens is 607 g/mol. The van der Waals surface area contributed by atoms with Crippen LogP contribution in [-0.4, -0.2) is 51.7 Å². The molecule has 1 aliphatic rings. The van der Waals surface area contributed by atoms with Crippen molar-refractivity contribution >= 4 is 51.5 Å². The van der Waals surface area contributed by atoms with Gasteiger partial charge in [0, 0.05) is 24.0 Å². The number of hydrogen-bond donors (Lipinski definition) is 2. The first-order valence-corrected chi connectivity index (χ1v) is 14.4. The monoisotopic (exact) mass is 631 g/mol. The van der Waals surface area contributed by atoms with Crippen LogP contribution in [0, 0.1) is 0 Å². The van der Waals surface area contributed by atoms with E-state index in [-0.39, 0.29) is 30.5 Å². The maximum Gasteiger partial charge on any atom is 0.573 e. The van der Waals surface area contributed by atoms with Crippen LogP contribution in [-0.2, 0) is 22.4 Å². The zero-order valence-electron chi connectivity index (χ0n) is 22.5. The van der Waals surface area contributed by atoms with Gasteiger partial charge in [0.1, 0.15) is 10.8 Å². The molecule has 0 radical (unpaired) electrons. The van der Waals surface area contributed by atoms with Crippen molar-refractivity contribution in [1.29, 1.82) is 0 Å². The number of carbonyl (C=O) groups is 2. The molecule has 1 atom stereocenters. The van der Waals surface area contributed by atoms with Gasteiger partial charge < -0.3 is 20.3 Å². The second kappa shape index (κ2) is 13.3. The molecule has 0 aliphatic carbocycles. The molecule has 224 valence electrons. The summed E-state index contributed by atoms with van der Waals surface area (Å²) in [5.74, 6) is -0.171. The van der Waals surface area contributed by atoms with E-state index in [0.717, 1.165) is 42.1 Å². The third-order valence-electron chi connectivity index (χ3n) is 6.51. The van der Waals surface area contributed by atoms with E-state index in [1.165, 1.54) is 23.5 Å². The third kappa shape index (κ3) is 8.61. The lowest BCUT2D eigenvalue weighted by atomic mass is 9.99. The number of carbonyl (C=O) groups excluding carboxylic acids is 2. The molecule has 0 saturated carbocycles. The summed E-state index contributed by atoms with van der Waals surface area (Å²) in [6.07, 6.45) is -3.07. The number of nitrogens with one attached hydrogen (secondary N) is 2. The maximum atomic E-state index is 12.5. The minimum absolute atomic E-state index is 0.0822. The Morgan fingerprint density at radius 3 is 2.56 bits per heavy atom. The first kappa shape index (κ1) is 30.2. The average molecular weight is 632 g/mol. The van der Waals surface area contributed by atoms with E-state index in [4.69, 9.17) is 11.6 Å². The second-order valence-corrected chi connectivity index (χ2v) is 11.2. The Kier molecular flexibility index (Phi) is 9.36. The molecule has 15 heteroatoms. The highest BCUT2D eigenvalue weighted by Gasteiger charge is 2.31. The van der Waals surface area contributed by atoms with Crippen molar-refractivity contribution in [2.24, 2.45) is 0 Å². The number of piperidine rings is 1. The summed E-state index contributed by atoms with van der Waals surface area (Å²) in [7, 11) is 0. The normalized spacial score (nSPS) is 15.2. The van der Waals surface area contributed by atoms with Crippen molar-refractivity contribution < 1.29 is 27.5 Å². The highest BCUT2D eigenvalue weighted by molar-refractivity contribution is 7.15. The Hall–Kier alpha value is -4.30. The highest BCUT2D eigenvalue weighted by Crippen LogP contribution is 2.32. The fraction of sp³-hybridized carbons (Fsp3) is 0.286. The number of benzene rings is 2. The predicted molar refractivity (Wildman–Crippen MR) is 155 cm³/mol. The molecule has 4 aromatic rings. The second-order valence-electron chi connectivity index (χ2n) is 9.74. The molecular formula is C28H25ClF3N7O3S. The van der Waals surface area contributed by atoms with Crippen molar-refractivity contribution in [3.8, 4) is 5.75 Å². The number of ether oxygens (including phenoxy) is 1. The predicted octanol–water partition coefficient (Wildman–Crippen LogP) is 5.63. The molecule has 0 bridgehead atoms. The van der Waals surface area contributed by atoms with Crippen LogP contribution in [0.15, 0.2) is 60.7 Å². The molecule has 5 rings (SSSR count). The third-order valence-corrected chi connectivity index (χ3v) is 7.88. The molecule has 0 spiro atoms. The summed E-state index contributed by atoms with van der Waals surface area (Å²) in [4.78, 5) is 27.0. The molecule has 10 nitrogen and oxygen atoms in total.